The molecule has 0 saturated heterocycles. The molecule has 11 heteroatoms. The lowest BCUT2D eigenvalue weighted by Crippen LogP contribution is -2.48. The normalized spacial score (nSPS) is 12.0. The first kappa shape index (κ1) is 27.1. The van der Waals surface area contributed by atoms with Crippen molar-refractivity contribution in [1.29, 1.82) is 0 Å². The molecular weight excluding hydrogens is 481 g/mol. The second-order valence-electron chi connectivity index (χ2n) is 7.73. The monoisotopic (exact) mass is 507 g/mol. The summed E-state index contributed by atoms with van der Waals surface area (Å²) in [6, 6.07) is 8.28. The molecule has 0 bridgehead atoms. The maximum absolute atomic E-state index is 12.7. The number of nitro benzene ring substituents is 1. The Morgan fingerprint density at radius 3 is 2.38 bits per heavy atom. The van der Waals surface area contributed by atoms with E-state index < -0.39 is 22.8 Å². The largest absolute Gasteiger partial charge is 0.367 e. The number of nitrogens with one attached hydrogen (secondary N) is 2. The third kappa shape index (κ3) is 6.91. The number of nitrogens with zero attached hydrogens (tertiary/aromatic N) is 3. The molecule has 2 N–H and O–H groups in total. The first-order valence-electron chi connectivity index (χ1n) is 10.7. The molecule has 182 valence electrons. The fourth-order valence-electron chi connectivity index (χ4n) is 3.27. The smallest absolute Gasteiger partial charge is 0.293 e. The van der Waals surface area contributed by atoms with E-state index in [-0.39, 0.29) is 22.2 Å². The molecule has 0 saturated carbocycles. The van der Waals surface area contributed by atoms with Crippen molar-refractivity contribution in [2.24, 2.45) is 11.0 Å². The maximum atomic E-state index is 12.7. The molecule has 0 heterocycles. The molecule has 0 fully saturated rings. The SMILES string of the molecule is CCN(CC)c1ccc(C=NNC(=O)C(NC(=O)c2ccc(Cl)cc2Cl)C(C)C)cc1[N+](=O)[O-]. The maximum Gasteiger partial charge on any atom is 0.293 e. The zero-order chi connectivity index (χ0) is 25.4. The molecule has 2 amide bonds. The van der Waals surface area contributed by atoms with Crippen LogP contribution in [0.25, 0.3) is 0 Å². The van der Waals surface area contributed by atoms with Crippen LogP contribution in [-0.4, -0.2) is 42.1 Å². The lowest BCUT2D eigenvalue weighted by atomic mass is 10.0. The predicted molar refractivity (Wildman–Crippen MR) is 135 cm³/mol. The predicted octanol–water partition coefficient (Wildman–Crippen LogP) is 4.65. The van der Waals surface area contributed by atoms with E-state index in [2.05, 4.69) is 15.8 Å². The number of halogens is 2. The molecule has 0 spiro atoms. The second kappa shape index (κ2) is 12.3. The number of anilines is 1. The van der Waals surface area contributed by atoms with Gasteiger partial charge in [0.15, 0.2) is 0 Å². The fraction of sp³-hybridized carbons (Fsp3) is 0.348. The highest BCUT2D eigenvalue weighted by atomic mass is 35.5. The van der Waals surface area contributed by atoms with Gasteiger partial charge in [0.05, 0.1) is 21.7 Å². The molecule has 34 heavy (non-hydrogen) atoms. The Kier molecular flexibility index (Phi) is 9.83. The van der Waals surface area contributed by atoms with Crippen LogP contribution >= 0.6 is 23.2 Å². The van der Waals surface area contributed by atoms with Crippen LogP contribution in [0.1, 0.15) is 43.6 Å². The lowest BCUT2D eigenvalue weighted by Gasteiger charge is -2.21. The van der Waals surface area contributed by atoms with E-state index in [0.717, 1.165) is 0 Å². The first-order valence-corrected chi connectivity index (χ1v) is 11.5. The second-order valence-corrected chi connectivity index (χ2v) is 8.57. The van der Waals surface area contributed by atoms with E-state index in [4.69, 9.17) is 23.2 Å². The molecule has 2 aromatic carbocycles. The Morgan fingerprint density at radius 1 is 1.15 bits per heavy atom. The van der Waals surface area contributed by atoms with Gasteiger partial charge in [0.2, 0.25) is 0 Å². The molecule has 1 atom stereocenters. The quantitative estimate of drug-likeness (QED) is 0.275. The van der Waals surface area contributed by atoms with Gasteiger partial charge < -0.3 is 10.2 Å². The van der Waals surface area contributed by atoms with Gasteiger partial charge in [-0.05, 0) is 44.0 Å². The molecule has 0 aliphatic carbocycles. The Balaban J connectivity index is 2.14. The number of hydrogen-bond acceptors (Lipinski definition) is 6. The molecular formula is C23H27Cl2N5O4. The van der Waals surface area contributed by atoms with Crippen LogP contribution < -0.4 is 15.6 Å². The molecule has 0 aliphatic heterocycles. The minimum Gasteiger partial charge on any atom is -0.367 e. The lowest BCUT2D eigenvalue weighted by molar-refractivity contribution is -0.384. The number of rotatable bonds is 10. The van der Waals surface area contributed by atoms with Crippen LogP contribution in [0, 0.1) is 16.0 Å². The Bertz CT molecular complexity index is 1090. The van der Waals surface area contributed by atoms with Gasteiger partial charge >= 0.3 is 0 Å². The summed E-state index contributed by atoms with van der Waals surface area (Å²) in [5.74, 6) is -1.32. The van der Waals surface area contributed by atoms with Gasteiger partial charge in [-0.15, -0.1) is 0 Å². The summed E-state index contributed by atoms with van der Waals surface area (Å²) >= 11 is 11.9. The van der Waals surface area contributed by atoms with Crippen LogP contribution in [0.4, 0.5) is 11.4 Å². The van der Waals surface area contributed by atoms with Gasteiger partial charge in [-0.2, -0.15) is 5.10 Å². The van der Waals surface area contributed by atoms with Gasteiger partial charge in [0.25, 0.3) is 17.5 Å². The van der Waals surface area contributed by atoms with E-state index in [1.165, 1.54) is 30.5 Å². The van der Waals surface area contributed by atoms with Gasteiger partial charge in [-0.25, -0.2) is 5.43 Å². The Hall–Kier alpha value is -3.17. The van der Waals surface area contributed by atoms with Gasteiger partial charge in [-0.1, -0.05) is 43.1 Å². The number of hydrogen-bond donors (Lipinski definition) is 2. The van der Waals surface area contributed by atoms with Crippen molar-refractivity contribution < 1.29 is 14.5 Å². The fourth-order valence-corrected chi connectivity index (χ4v) is 3.76. The van der Waals surface area contributed by atoms with Crippen molar-refractivity contribution in [2.45, 2.75) is 33.7 Å². The summed E-state index contributed by atoms with van der Waals surface area (Å²) in [6.07, 6.45) is 1.31. The van der Waals surface area contributed by atoms with Crippen LogP contribution in [0.15, 0.2) is 41.5 Å². The van der Waals surface area contributed by atoms with Crippen molar-refractivity contribution in [3.05, 3.63) is 67.7 Å². The zero-order valence-corrected chi connectivity index (χ0v) is 20.9. The highest BCUT2D eigenvalue weighted by Crippen LogP contribution is 2.28. The van der Waals surface area contributed by atoms with Crippen LogP contribution in [0.3, 0.4) is 0 Å². The summed E-state index contributed by atoms with van der Waals surface area (Å²) in [7, 11) is 0. The van der Waals surface area contributed by atoms with Gasteiger partial charge in [0, 0.05) is 29.7 Å². The van der Waals surface area contributed by atoms with E-state index in [9.17, 15) is 19.7 Å². The summed E-state index contributed by atoms with van der Waals surface area (Å²) in [4.78, 5) is 38.2. The van der Waals surface area contributed by atoms with E-state index in [1.54, 1.807) is 26.0 Å². The number of carbonyl (C=O) groups excluding carboxylic acids is 2. The Morgan fingerprint density at radius 2 is 1.82 bits per heavy atom. The number of amides is 2. The van der Waals surface area contributed by atoms with Crippen molar-refractivity contribution in [3.8, 4) is 0 Å². The van der Waals surface area contributed by atoms with Crippen LogP contribution in [0.2, 0.25) is 10.0 Å². The average molecular weight is 508 g/mol. The van der Waals surface area contributed by atoms with E-state index >= 15 is 0 Å². The molecule has 0 radical (unpaired) electrons. The minimum atomic E-state index is -0.893. The highest BCUT2D eigenvalue weighted by Gasteiger charge is 2.25. The summed E-state index contributed by atoms with van der Waals surface area (Å²) in [5.41, 5.74) is 3.48. The molecule has 0 aliphatic rings. The van der Waals surface area contributed by atoms with E-state index in [0.29, 0.717) is 29.4 Å². The third-order valence-electron chi connectivity index (χ3n) is 5.10. The summed E-state index contributed by atoms with van der Waals surface area (Å²) in [5, 5.41) is 18.6. The first-order chi connectivity index (χ1) is 16.1. The summed E-state index contributed by atoms with van der Waals surface area (Å²) < 4.78 is 0. The minimum absolute atomic E-state index is 0.0499. The highest BCUT2D eigenvalue weighted by molar-refractivity contribution is 6.36. The molecule has 2 rings (SSSR count). The molecule has 2 aromatic rings. The van der Waals surface area contributed by atoms with Gasteiger partial charge in [0.1, 0.15) is 11.7 Å². The van der Waals surface area contributed by atoms with Crippen molar-refractivity contribution >= 4 is 52.6 Å². The Labute approximate surface area is 208 Å². The van der Waals surface area contributed by atoms with Crippen molar-refractivity contribution in [2.75, 3.05) is 18.0 Å². The van der Waals surface area contributed by atoms with Gasteiger partial charge in [-0.3, -0.25) is 19.7 Å². The molecule has 1 unspecified atom stereocenters. The summed E-state index contributed by atoms with van der Waals surface area (Å²) in [6.45, 7) is 8.64. The average Bonchev–Trinajstić information content (AvgIpc) is 2.78. The molecule has 9 nitrogen and oxygen atoms in total. The van der Waals surface area contributed by atoms with Crippen molar-refractivity contribution in [3.63, 3.8) is 0 Å². The van der Waals surface area contributed by atoms with Crippen LogP contribution in [0.5, 0.6) is 0 Å². The number of hydrazone groups is 1. The van der Waals surface area contributed by atoms with Crippen LogP contribution in [-0.2, 0) is 4.79 Å². The van der Waals surface area contributed by atoms with E-state index in [1.807, 2.05) is 18.7 Å². The molecule has 0 aromatic heterocycles. The number of nitro groups is 1. The van der Waals surface area contributed by atoms with Crippen molar-refractivity contribution in [1.82, 2.24) is 10.7 Å². The number of benzene rings is 2. The standard InChI is InChI=1S/C23H27Cl2N5O4/c1-5-29(6-2)19-10-7-15(11-20(19)30(33)34)13-26-28-23(32)21(14(3)4)27-22(31)17-9-8-16(24)12-18(17)25/h7-14,21H,5-6H2,1-4H3,(H,27,31)(H,28,32). The third-order valence-corrected chi connectivity index (χ3v) is 5.65. The zero-order valence-electron chi connectivity index (χ0n) is 19.3. The topological polar surface area (TPSA) is 117 Å². The number of carbonyl (C=O) groups is 2.